The van der Waals surface area contributed by atoms with Gasteiger partial charge in [-0.1, -0.05) is 91.8 Å². The Hall–Kier alpha value is -3.65. The van der Waals surface area contributed by atoms with Gasteiger partial charge in [0.1, 0.15) is 18.5 Å². The number of aryl methyl sites for hydroxylation is 2. The lowest BCUT2D eigenvalue weighted by Gasteiger charge is -2.27. The maximum atomic E-state index is 7.14. The lowest BCUT2D eigenvalue weighted by Crippen LogP contribution is -2.32. The highest BCUT2D eigenvalue weighted by atomic mass is 16.5. The maximum Gasteiger partial charge on any atom is 0.228 e. The van der Waals surface area contributed by atoms with Crippen molar-refractivity contribution >= 4 is 21.5 Å². The lowest BCUT2D eigenvalue weighted by atomic mass is 9.81. The third kappa shape index (κ3) is 4.51. The molecule has 0 saturated heterocycles. The molecule has 0 bridgehead atoms. The van der Waals surface area contributed by atoms with Crippen LogP contribution in [0.1, 0.15) is 101 Å². The van der Waals surface area contributed by atoms with E-state index < -0.39 is 0 Å². The molecule has 0 saturated carbocycles. The molecule has 1 aromatic heterocycles. The Morgan fingerprint density at radius 3 is 1.98 bits per heavy atom. The maximum absolute atomic E-state index is 7.14. The molecule has 0 amide bonds. The van der Waals surface area contributed by atoms with Crippen LogP contribution in [-0.2, 0) is 13.5 Å². The van der Waals surface area contributed by atoms with E-state index in [0.717, 1.165) is 17.9 Å². The molecule has 1 aliphatic rings. The number of hydrogen-bond donors (Lipinski definition) is 0. The summed E-state index contributed by atoms with van der Waals surface area (Å²) in [5.74, 6) is 3.85. The summed E-state index contributed by atoms with van der Waals surface area (Å²) in [6, 6.07) is 20.8. The van der Waals surface area contributed by atoms with Crippen molar-refractivity contribution in [2.45, 2.75) is 86.5 Å². The van der Waals surface area contributed by atoms with E-state index in [0.29, 0.717) is 23.7 Å². The Morgan fingerprint density at radius 2 is 1.38 bits per heavy atom. The molecule has 2 heteroatoms. The van der Waals surface area contributed by atoms with Gasteiger partial charge >= 0.3 is 0 Å². The summed E-state index contributed by atoms with van der Waals surface area (Å²) < 4.78 is 9.43. The van der Waals surface area contributed by atoms with Crippen molar-refractivity contribution in [1.29, 1.82) is 0 Å². The number of aromatic nitrogens is 1. The third-order valence-corrected chi connectivity index (χ3v) is 9.21. The highest BCUT2D eigenvalue weighted by molar-refractivity contribution is 6.07. The molecule has 2 heterocycles. The van der Waals surface area contributed by atoms with Crippen LogP contribution in [-0.4, -0.2) is 0 Å². The third-order valence-electron chi connectivity index (χ3n) is 9.21. The van der Waals surface area contributed by atoms with Crippen LogP contribution in [0.4, 0.5) is 0 Å². The molecule has 6 rings (SSSR count). The van der Waals surface area contributed by atoms with Crippen molar-refractivity contribution in [3.8, 4) is 33.9 Å². The van der Waals surface area contributed by atoms with Gasteiger partial charge in [-0.2, -0.15) is 0 Å². The Bertz CT molecular complexity index is 1830. The molecule has 0 aliphatic carbocycles. The fourth-order valence-corrected chi connectivity index (χ4v) is 7.05. The van der Waals surface area contributed by atoms with Crippen molar-refractivity contribution in [2.24, 2.45) is 13.0 Å². The first-order valence-electron chi connectivity index (χ1n) is 15.8. The smallest absolute Gasteiger partial charge is 0.228 e. The van der Waals surface area contributed by atoms with E-state index in [1.165, 1.54) is 71.7 Å². The Morgan fingerprint density at radius 1 is 0.738 bits per heavy atom. The van der Waals surface area contributed by atoms with Crippen LogP contribution in [0.25, 0.3) is 43.9 Å². The minimum atomic E-state index is 0.417. The monoisotopic (exact) mass is 556 g/mol. The van der Waals surface area contributed by atoms with E-state index in [1.807, 2.05) is 0 Å². The van der Waals surface area contributed by atoms with E-state index >= 15 is 0 Å². The molecule has 1 aliphatic heterocycles. The average molecular weight is 557 g/mol. The second kappa shape index (κ2) is 10.6. The predicted molar refractivity (Wildman–Crippen MR) is 179 cm³/mol. The van der Waals surface area contributed by atoms with E-state index in [-0.39, 0.29) is 0 Å². The van der Waals surface area contributed by atoms with E-state index in [9.17, 15) is 0 Å². The Labute approximate surface area is 252 Å². The summed E-state index contributed by atoms with van der Waals surface area (Å²) in [5.41, 5.74) is 12.0. The molecule has 0 fully saturated rings. The van der Waals surface area contributed by atoms with Gasteiger partial charge in [0.25, 0.3) is 0 Å². The highest BCUT2D eigenvalue weighted by Gasteiger charge is 2.33. The molecule has 42 heavy (non-hydrogen) atoms. The van der Waals surface area contributed by atoms with Gasteiger partial charge in [0.05, 0.1) is 10.9 Å². The van der Waals surface area contributed by atoms with Crippen LogP contribution in [0.3, 0.4) is 0 Å². The van der Waals surface area contributed by atoms with Gasteiger partial charge in [-0.25, -0.2) is 4.57 Å². The number of ether oxygens (including phenoxy) is 1. The molecule has 0 atom stereocenters. The van der Waals surface area contributed by atoms with Gasteiger partial charge in [-0.15, -0.1) is 0 Å². The quantitative estimate of drug-likeness (QED) is 0.186. The van der Waals surface area contributed by atoms with Gasteiger partial charge in [-0.3, -0.25) is 0 Å². The Balaban J connectivity index is 1.70. The van der Waals surface area contributed by atoms with Gasteiger partial charge in [0.15, 0.2) is 6.20 Å². The van der Waals surface area contributed by atoms with Crippen molar-refractivity contribution in [3.63, 3.8) is 0 Å². The summed E-state index contributed by atoms with van der Waals surface area (Å²) in [6.45, 7) is 20.8. The summed E-state index contributed by atoms with van der Waals surface area (Å²) in [6.07, 6.45) is 3.20. The first-order valence-corrected chi connectivity index (χ1v) is 15.8. The largest absolute Gasteiger partial charge is 0.455 e. The second-order valence-electron chi connectivity index (χ2n) is 13.8. The van der Waals surface area contributed by atoms with Crippen LogP contribution in [0.5, 0.6) is 11.5 Å². The molecule has 2 nitrogen and oxygen atoms in total. The standard InChI is InChI=1S/C40H46NO/c1-22(2)17-34-31-14-12-11-13-30(31)26(9)36-39-38-27(15-16-41(39)10)18-29(21-35(38)42-40(34)36)37-32(24(5)6)19-28(23(3)4)20-33(37)25(7)8/h11-16,18-25H,17H2,1-10H3/q+1. The summed E-state index contributed by atoms with van der Waals surface area (Å²) in [5, 5.41) is 5.07. The van der Waals surface area contributed by atoms with Gasteiger partial charge in [-0.05, 0) is 98.7 Å². The molecule has 0 spiro atoms. The Kier molecular flexibility index (Phi) is 7.16. The zero-order valence-electron chi connectivity index (χ0n) is 27.1. The highest BCUT2D eigenvalue weighted by Crippen LogP contribution is 2.52. The first-order chi connectivity index (χ1) is 20.0. The number of pyridine rings is 1. The molecular formula is C40H46NO+. The minimum Gasteiger partial charge on any atom is -0.455 e. The predicted octanol–water partition coefficient (Wildman–Crippen LogP) is 11.1. The van der Waals surface area contributed by atoms with Crippen molar-refractivity contribution < 1.29 is 9.30 Å². The van der Waals surface area contributed by atoms with Crippen LogP contribution >= 0.6 is 0 Å². The SMILES string of the molecule is Cc1c2c(c(CC(C)C)c3ccccc13)Oc1cc(-c3c(C(C)C)cc(C(C)C)cc3C(C)C)cc3cc[n+](C)c-2c13. The second-order valence-corrected chi connectivity index (χ2v) is 13.8. The molecular weight excluding hydrogens is 510 g/mol. The van der Waals surface area contributed by atoms with Crippen molar-refractivity contribution in [2.75, 3.05) is 0 Å². The minimum absolute atomic E-state index is 0.417. The number of benzene rings is 4. The number of nitrogens with zero attached hydrogens (tertiary/aromatic N) is 1. The van der Waals surface area contributed by atoms with E-state index in [2.05, 4.69) is 135 Å². The van der Waals surface area contributed by atoms with Crippen LogP contribution in [0, 0.1) is 12.8 Å². The van der Waals surface area contributed by atoms with Crippen LogP contribution in [0.2, 0.25) is 0 Å². The lowest BCUT2D eigenvalue weighted by molar-refractivity contribution is -0.659. The summed E-state index contributed by atoms with van der Waals surface area (Å²) in [7, 11) is 2.18. The average Bonchev–Trinajstić information content (AvgIpc) is 2.95. The summed E-state index contributed by atoms with van der Waals surface area (Å²) >= 11 is 0. The normalized spacial score (nSPS) is 12.7. The zero-order valence-corrected chi connectivity index (χ0v) is 27.1. The van der Waals surface area contributed by atoms with Gasteiger partial charge in [0.2, 0.25) is 5.69 Å². The van der Waals surface area contributed by atoms with Crippen molar-refractivity contribution in [1.82, 2.24) is 0 Å². The fourth-order valence-electron chi connectivity index (χ4n) is 7.05. The van der Waals surface area contributed by atoms with E-state index in [4.69, 9.17) is 4.74 Å². The van der Waals surface area contributed by atoms with E-state index in [1.54, 1.807) is 0 Å². The first kappa shape index (κ1) is 28.5. The number of fused-ring (bicyclic) bond motifs is 3. The zero-order chi connectivity index (χ0) is 30.0. The molecule has 0 N–H and O–H groups in total. The number of rotatable bonds is 6. The van der Waals surface area contributed by atoms with Crippen LogP contribution < -0.4 is 9.30 Å². The molecule has 0 unspecified atom stereocenters. The molecule has 4 aromatic carbocycles. The van der Waals surface area contributed by atoms with Gasteiger partial charge < -0.3 is 4.74 Å². The molecule has 5 aromatic rings. The van der Waals surface area contributed by atoms with Gasteiger partial charge in [0, 0.05) is 11.6 Å². The topological polar surface area (TPSA) is 13.1 Å². The summed E-state index contributed by atoms with van der Waals surface area (Å²) in [4.78, 5) is 0. The van der Waals surface area contributed by atoms with Crippen LogP contribution in [0.15, 0.2) is 60.8 Å². The van der Waals surface area contributed by atoms with Crippen molar-refractivity contribution in [3.05, 3.63) is 88.6 Å². The number of hydrogen-bond acceptors (Lipinski definition) is 1. The molecule has 216 valence electrons. The fraction of sp³-hybridized carbons (Fsp3) is 0.375. The molecule has 0 radical (unpaired) electrons.